The lowest BCUT2D eigenvalue weighted by molar-refractivity contribution is 0.417. The zero-order chi connectivity index (χ0) is 13.8. The second-order valence-electron chi connectivity index (χ2n) is 4.59. The molecule has 6 heteroatoms. The third-order valence-corrected chi connectivity index (χ3v) is 3.57. The number of nitrogens with one attached hydrogen (secondary N) is 1. The monoisotopic (exact) mass is 271 g/mol. The maximum atomic E-state index is 5.92. The van der Waals surface area contributed by atoms with Gasteiger partial charge in [-0.15, -0.1) is 0 Å². The summed E-state index contributed by atoms with van der Waals surface area (Å²) in [6, 6.07) is 0. The van der Waals surface area contributed by atoms with Gasteiger partial charge in [0.05, 0.1) is 0 Å². The van der Waals surface area contributed by atoms with Crippen LogP contribution in [0.4, 0.5) is 11.9 Å². The third-order valence-electron chi connectivity index (χ3n) is 3.40. The second-order valence-corrected chi connectivity index (χ2v) is 4.93. The molecule has 0 fully saturated rings. The van der Waals surface area contributed by atoms with Crippen LogP contribution in [-0.2, 0) is 0 Å². The summed E-state index contributed by atoms with van der Waals surface area (Å²) < 4.78 is 0. The second kappa shape index (κ2) is 6.18. The van der Waals surface area contributed by atoms with E-state index in [4.69, 9.17) is 11.6 Å². The highest BCUT2D eigenvalue weighted by molar-refractivity contribution is 6.28. The molecule has 0 aromatic carbocycles. The van der Waals surface area contributed by atoms with Gasteiger partial charge in [-0.25, -0.2) is 0 Å². The summed E-state index contributed by atoms with van der Waals surface area (Å²) in [6.45, 7) is 6.49. The molecule has 0 radical (unpaired) electrons. The minimum atomic E-state index is 0.0221. The number of anilines is 2. The van der Waals surface area contributed by atoms with Gasteiger partial charge in [0.15, 0.2) is 0 Å². The molecule has 1 heterocycles. The molecule has 0 aliphatic heterocycles. The molecule has 1 rings (SSSR count). The van der Waals surface area contributed by atoms with E-state index in [0.29, 0.717) is 11.9 Å². The van der Waals surface area contributed by atoms with Gasteiger partial charge in [0.2, 0.25) is 17.2 Å². The molecule has 0 aliphatic carbocycles. The van der Waals surface area contributed by atoms with Crippen LogP contribution in [-0.4, -0.2) is 34.6 Å². The van der Waals surface area contributed by atoms with Gasteiger partial charge in [-0.05, 0) is 30.9 Å². The first-order chi connectivity index (χ1) is 8.46. The Bertz CT molecular complexity index is 382. The lowest BCUT2D eigenvalue weighted by atomic mass is 9.90. The average molecular weight is 272 g/mol. The van der Waals surface area contributed by atoms with Gasteiger partial charge in [0.25, 0.3) is 0 Å². The maximum Gasteiger partial charge on any atom is 0.230 e. The van der Waals surface area contributed by atoms with Crippen molar-refractivity contribution in [3.63, 3.8) is 0 Å². The van der Waals surface area contributed by atoms with E-state index in [0.717, 1.165) is 19.3 Å². The summed E-state index contributed by atoms with van der Waals surface area (Å²) in [6.07, 6.45) is 3.04. The van der Waals surface area contributed by atoms with Crippen molar-refractivity contribution in [1.29, 1.82) is 0 Å². The van der Waals surface area contributed by atoms with E-state index < -0.39 is 0 Å². The van der Waals surface area contributed by atoms with Gasteiger partial charge in [-0.2, -0.15) is 15.0 Å². The first-order valence-corrected chi connectivity index (χ1v) is 6.71. The van der Waals surface area contributed by atoms with E-state index in [-0.39, 0.29) is 10.8 Å². The molecular formula is C12H22ClN5. The molecule has 0 amide bonds. The van der Waals surface area contributed by atoms with Crippen molar-refractivity contribution in [2.75, 3.05) is 24.3 Å². The Balaban J connectivity index is 3.03. The van der Waals surface area contributed by atoms with Crippen molar-refractivity contribution in [2.45, 2.75) is 45.6 Å². The van der Waals surface area contributed by atoms with E-state index in [1.807, 2.05) is 19.0 Å². The van der Waals surface area contributed by atoms with Crippen molar-refractivity contribution in [3.8, 4) is 0 Å². The van der Waals surface area contributed by atoms with E-state index >= 15 is 0 Å². The molecule has 0 saturated carbocycles. The Hall–Kier alpha value is -1.10. The highest BCUT2D eigenvalue weighted by Crippen LogP contribution is 2.24. The number of rotatable bonds is 6. The summed E-state index contributed by atoms with van der Waals surface area (Å²) >= 11 is 5.92. The smallest absolute Gasteiger partial charge is 0.230 e. The molecule has 1 N–H and O–H groups in total. The van der Waals surface area contributed by atoms with Gasteiger partial charge >= 0.3 is 0 Å². The molecule has 5 nitrogen and oxygen atoms in total. The van der Waals surface area contributed by atoms with Gasteiger partial charge in [-0.1, -0.05) is 20.8 Å². The SMILES string of the molecule is CCC(CC)(CC)Nc1nc(Cl)nc(N(C)C)n1. The molecule has 1 aromatic heterocycles. The van der Waals surface area contributed by atoms with Crippen LogP contribution in [0.2, 0.25) is 5.28 Å². The predicted molar refractivity (Wildman–Crippen MR) is 76.4 cm³/mol. The highest BCUT2D eigenvalue weighted by Gasteiger charge is 2.25. The Morgan fingerprint density at radius 3 is 2.06 bits per heavy atom. The highest BCUT2D eigenvalue weighted by atomic mass is 35.5. The Morgan fingerprint density at radius 1 is 1.06 bits per heavy atom. The number of nitrogens with zero attached hydrogens (tertiary/aromatic N) is 4. The van der Waals surface area contributed by atoms with Crippen LogP contribution in [0.5, 0.6) is 0 Å². The van der Waals surface area contributed by atoms with Gasteiger partial charge in [0.1, 0.15) is 0 Å². The van der Waals surface area contributed by atoms with Crippen LogP contribution in [0, 0.1) is 0 Å². The topological polar surface area (TPSA) is 53.9 Å². The fourth-order valence-corrected chi connectivity index (χ4v) is 2.00. The molecule has 18 heavy (non-hydrogen) atoms. The maximum absolute atomic E-state index is 5.92. The minimum absolute atomic E-state index is 0.0221. The van der Waals surface area contributed by atoms with Crippen molar-refractivity contribution in [2.24, 2.45) is 0 Å². The molecule has 0 unspecified atom stereocenters. The number of aromatic nitrogens is 3. The molecule has 1 aromatic rings. The van der Waals surface area contributed by atoms with Crippen LogP contribution in [0.25, 0.3) is 0 Å². The fourth-order valence-electron chi connectivity index (χ4n) is 1.85. The summed E-state index contributed by atoms with van der Waals surface area (Å²) in [5.74, 6) is 1.11. The first-order valence-electron chi connectivity index (χ1n) is 6.33. The third kappa shape index (κ3) is 3.45. The van der Waals surface area contributed by atoms with Crippen molar-refractivity contribution in [1.82, 2.24) is 15.0 Å². The largest absolute Gasteiger partial charge is 0.349 e. The first kappa shape index (κ1) is 15.0. The van der Waals surface area contributed by atoms with Crippen LogP contribution in [0.1, 0.15) is 40.0 Å². The number of halogens is 1. The summed E-state index contributed by atoms with van der Waals surface area (Å²) in [4.78, 5) is 14.4. The van der Waals surface area contributed by atoms with E-state index in [9.17, 15) is 0 Å². The lowest BCUT2D eigenvalue weighted by Crippen LogP contribution is -2.37. The Labute approximate surface area is 114 Å². The lowest BCUT2D eigenvalue weighted by Gasteiger charge is -2.31. The summed E-state index contributed by atoms with van der Waals surface area (Å²) in [5, 5.41) is 3.62. The van der Waals surface area contributed by atoms with E-state index in [1.165, 1.54) is 0 Å². The van der Waals surface area contributed by atoms with Gasteiger partial charge in [-0.3, -0.25) is 0 Å². The van der Waals surface area contributed by atoms with Crippen LogP contribution in [0.15, 0.2) is 0 Å². The molecule has 0 spiro atoms. The Morgan fingerprint density at radius 2 is 1.61 bits per heavy atom. The van der Waals surface area contributed by atoms with Crippen molar-refractivity contribution < 1.29 is 0 Å². The van der Waals surface area contributed by atoms with Crippen LogP contribution >= 0.6 is 11.6 Å². The molecule has 0 saturated heterocycles. The quantitative estimate of drug-likeness (QED) is 0.862. The molecule has 0 bridgehead atoms. The van der Waals surface area contributed by atoms with E-state index in [2.05, 4.69) is 41.0 Å². The predicted octanol–water partition coefficient (Wildman–Crippen LogP) is 2.97. The average Bonchev–Trinajstić information content (AvgIpc) is 2.35. The van der Waals surface area contributed by atoms with E-state index in [1.54, 1.807) is 0 Å². The fraction of sp³-hybridized carbons (Fsp3) is 0.750. The van der Waals surface area contributed by atoms with Crippen LogP contribution in [0.3, 0.4) is 0 Å². The van der Waals surface area contributed by atoms with Crippen LogP contribution < -0.4 is 10.2 Å². The summed E-state index contributed by atoms with van der Waals surface area (Å²) in [7, 11) is 3.75. The summed E-state index contributed by atoms with van der Waals surface area (Å²) in [5.41, 5.74) is 0.0221. The van der Waals surface area contributed by atoms with Gasteiger partial charge < -0.3 is 10.2 Å². The van der Waals surface area contributed by atoms with Crippen molar-refractivity contribution in [3.05, 3.63) is 5.28 Å². The zero-order valence-corrected chi connectivity index (χ0v) is 12.5. The number of hydrogen-bond acceptors (Lipinski definition) is 5. The molecular weight excluding hydrogens is 250 g/mol. The number of hydrogen-bond donors (Lipinski definition) is 1. The Kier molecular flexibility index (Phi) is 5.14. The molecule has 0 aliphatic rings. The van der Waals surface area contributed by atoms with Crippen molar-refractivity contribution >= 4 is 23.5 Å². The zero-order valence-electron chi connectivity index (χ0n) is 11.8. The molecule has 0 atom stereocenters. The minimum Gasteiger partial charge on any atom is -0.349 e. The van der Waals surface area contributed by atoms with Gasteiger partial charge in [0, 0.05) is 19.6 Å². The molecule has 102 valence electrons. The normalized spacial score (nSPS) is 11.4. The standard InChI is InChI=1S/C12H22ClN5/c1-6-12(7-2,8-3)17-10-14-9(13)15-11(16-10)18(4)5/h6-8H2,1-5H3,(H,14,15,16,17).